The number of rotatable bonds is 1. The first-order valence-electron chi connectivity index (χ1n) is 2.91. The van der Waals surface area contributed by atoms with E-state index in [1.165, 1.54) is 0 Å². The van der Waals surface area contributed by atoms with Crippen molar-refractivity contribution in [1.29, 1.82) is 0 Å². The van der Waals surface area contributed by atoms with Crippen LogP contribution in [-0.2, 0) is 10.2 Å². The maximum absolute atomic E-state index is 12.7. The first kappa shape index (κ1) is 10.5. The van der Waals surface area contributed by atoms with Crippen molar-refractivity contribution in [2.75, 3.05) is 0 Å². The predicted molar refractivity (Wildman–Crippen MR) is 42.4 cm³/mol. The number of halogens is 4. The van der Waals surface area contributed by atoms with Gasteiger partial charge in [0, 0.05) is 0 Å². The fourth-order valence-electron chi connectivity index (χ4n) is 0.691. The second-order valence-corrected chi connectivity index (χ2v) is 4.30. The first-order valence-corrected chi connectivity index (χ1v) is 5.09. The van der Waals surface area contributed by atoms with E-state index in [0.717, 1.165) is 0 Å². The number of benzene rings is 1. The Balaban J connectivity index is 3.50. The Labute approximate surface area is 80.7 Å². The summed E-state index contributed by atoms with van der Waals surface area (Å²) in [6.07, 6.45) is 0. The van der Waals surface area contributed by atoms with E-state index in [0.29, 0.717) is 6.07 Å². The van der Waals surface area contributed by atoms with Crippen molar-refractivity contribution in [3.63, 3.8) is 0 Å². The summed E-state index contributed by atoms with van der Waals surface area (Å²) < 4.78 is 57.8. The van der Waals surface area contributed by atoms with Gasteiger partial charge in [-0.2, -0.15) is 8.42 Å². The van der Waals surface area contributed by atoms with E-state index in [1.54, 1.807) is 0 Å². The summed E-state index contributed by atoms with van der Waals surface area (Å²) in [6, 6.07) is 0.816. The van der Waals surface area contributed by atoms with E-state index < -0.39 is 26.8 Å². The molecule has 0 aliphatic heterocycles. The molecule has 1 aromatic rings. The molecule has 72 valence electrons. The molecule has 0 saturated heterocycles. The quantitative estimate of drug-likeness (QED) is 0.582. The molecule has 0 amide bonds. The van der Waals surface area contributed by atoms with E-state index in [2.05, 4.69) is 15.9 Å². The summed E-state index contributed by atoms with van der Waals surface area (Å²) >= 11 is 2.61. The van der Waals surface area contributed by atoms with Crippen LogP contribution in [0.4, 0.5) is 12.7 Å². The maximum atomic E-state index is 12.7. The number of hydrogen-bond acceptors (Lipinski definition) is 2. The van der Waals surface area contributed by atoms with Crippen LogP contribution >= 0.6 is 15.9 Å². The third-order valence-corrected chi connectivity index (χ3v) is 2.68. The van der Waals surface area contributed by atoms with E-state index in [4.69, 9.17) is 0 Å². The van der Waals surface area contributed by atoms with E-state index >= 15 is 0 Å². The third-order valence-electron chi connectivity index (χ3n) is 1.24. The van der Waals surface area contributed by atoms with Crippen molar-refractivity contribution in [2.24, 2.45) is 0 Å². The van der Waals surface area contributed by atoms with Crippen molar-refractivity contribution in [3.8, 4) is 0 Å². The minimum atomic E-state index is -5.21. The van der Waals surface area contributed by atoms with Gasteiger partial charge in [0.15, 0.2) is 0 Å². The Kier molecular flexibility index (Phi) is 2.67. The van der Waals surface area contributed by atoms with Crippen LogP contribution < -0.4 is 0 Å². The maximum Gasteiger partial charge on any atom is 0.335 e. The second-order valence-electron chi connectivity index (χ2n) is 2.13. The normalized spacial score (nSPS) is 11.7. The highest BCUT2D eigenvalue weighted by atomic mass is 79.9. The van der Waals surface area contributed by atoms with Crippen molar-refractivity contribution in [1.82, 2.24) is 0 Å². The molecule has 0 radical (unpaired) electrons. The zero-order chi connectivity index (χ0) is 10.2. The van der Waals surface area contributed by atoms with Crippen LogP contribution in [0.1, 0.15) is 0 Å². The molecule has 7 heteroatoms. The Hall–Kier alpha value is -0.560. The minimum Gasteiger partial charge on any atom is -0.206 e. The fraction of sp³-hybridized carbons (Fsp3) is 0. The average Bonchev–Trinajstić information content (AvgIpc) is 1.94. The molecule has 0 unspecified atom stereocenters. The van der Waals surface area contributed by atoms with Crippen molar-refractivity contribution >= 4 is 26.2 Å². The highest BCUT2D eigenvalue weighted by Gasteiger charge is 2.20. The molecule has 1 rings (SSSR count). The monoisotopic (exact) mass is 274 g/mol. The lowest BCUT2D eigenvalue weighted by molar-refractivity contribution is 0.525. The average molecular weight is 275 g/mol. The van der Waals surface area contributed by atoms with Crippen LogP contribution in [-0.4, -0.2) is 8.42 Å². The van der Waals surface area contributed by atoms with E-state index in [1.807, 2.05) is 0 Å². The van der Waals surface area contributed by atoms with Crippen LogP contribution in [0.25, 0.3) is 0 Å². The smallest absolute Gasteiger partial charge is 0.206 e. The van der Waals surface area contributed by atoms with Gasteiger partial charge in [0.2, 0.25) is 0 Å². The van der Waals surface area contributed by atoms with Gasteiger partial charge < -0.3 is 0 Å². The third kappa shape index (κ3) is 2.22. The molecule has 0 saturated carbocycles. The molecule has 0 atom stereocenters. The van der Waals surface area contributed by atoms with Crippen LogP contribution in [0.3, 0.4) is 0 Å². The molecule has 0 spiro atoms. The molecular weight excluding hydrogens is 273 g/mol. The summed E-state index contributed by atoms with van der Waals surface area (Å²) in [5.74, 6) is -2.38. The van der Waals surface area contributed by atoms with Gasteiger partial charge in [0.1, 0.15) is 16.5 Å². The molecular formula is C6H2BrF3O2S. The zero-order valence-electron chi connectivity index (χ0n) is 5.89. The molecule has 0 aromatic heterocycles. The molecule has 0 aliphatic carbocycles. The van der Waals surface area contributed by atoms with Gasteiger partial charge in [-0.3, -0.25) is 0 Å². The Bertz CT molecular complexity index is 443. The molecule has 2 nitrogen and oxygen atoms in total. The van der Waals surface area contributed by atoms with E-state index in [9.17, 15) is 21.1 Å². The van der Waals surface area contributed by atoms with Gasteiger partial charge in [0.05, 0.1) is 4.47 Å². The Morgan fingerprint density at radius 2 is 1.69 bits per heavy atom. The molecule has 0 bridgehead atoms. The summed E-state index contributed by atoms with van der Waals surface area (Å²) in [7, 11) is -5.21. The lowest BCUT2D eigenvalue weighted by atomic mass is 10.3. The molecule has 0 heterocycles. The number of hydrogen-bond donors (Lipinski definition) is 0. The largest absolute Gasteiger partial charge is 0.335 e. The highest BCUT2D eigenvalue weighted by Crippen LogP contribution is 2.23. The summed E-state index contributed by atoms with van der Waals surface area (Å²) in [5.41, 5.74) is 0. The minimum absolute atomic E-state index is 0.266. The van der Waals surface area contributed by atoms with Crippen LogP contribution in [0.5, 0.6) is 0 Å². The highest BCUT2D eigenvalue weighted by molar-refractivity contribution is 9.10. The van der Waals surface area contributed by atoms with Crippen molar-refractivity contribution < 1.29 is 21.1 Å². The fourth-order valence-corrected chi connectivity index (χ4v) is 1.54. The van der Waals surface area contributed by atoms with Gasteiger partial charge in [-0.1, -0.05) is 0 Å². The standard InChI is InChI=1S/C6H2BrF3O2S/c7-3-1-5(9)6(2-4(3)8)13(10,11)12/h1-2H. The van der Waals surface area contributed by atoms with Crippen molar-refractivity contribution in [3.05, 3.63) is 28.2 Å². The van der Waals surface area contributed by atoms with Crippen LogP contribution in [0.2, 0.25) is 0 Å². The van der Waals surface area contributed by atoms with Gasteiger partial charge in [-0.05, 0) is 28.1 Å². The van der Waals surface area contributed by atoms with Crippen LogP contribution in [0, 0.1) is 11.6 Å². The molecule has 0 N–H and O–H groups in total. The van der Waals surface area contributed by atoms with Gasteiger partial charge in [-0.25, -0.2) is 8.78 Å². The first-order chi connectivity index (χ1) is 5.82. The molecule has 0 fully saturated rings. The van der Waals surface area contributed by atoms with Gasteiger partial charge in [-0.15, -0.1) is 3.89 Å². The summed E-state index contributed by atoms with van der Waals surface area (Å²) in [6.45, 7) is 0. The Morgan fingerprint density at radius 3 is 2.15 bits per heavy atom. The lowest BCUT2D eigenvalue weighted by Crippen LogP contribution is -1.98. The van der Waals surface area contributed by atoms with E-state index in [-0.39, 0.29) is 10.5 Å². The predicted octanol–water partition coefficient (Wildman–Crippen LogP) is 2.39. The topological polar surface area (TPSA) is 34.1 Å². The lowest BCUT2D eigenvalue weighted by Gasteiger charge is -1.99. The Morgan fingerprint density at radius 1 is 1.15 bits per heavy atom. The molecule has 1 aromatic carbocycles. The SMILES string of the molecule is O=S(=O)(F)c1cc(F)c(Br)cc1F. The van der Waals surface area contributed by atoms with Crippen LogP contribution in [0.15, 0.2) is 21.5 Å². The molecule has 0 aliphatic rings. The summed E-state index contributed by atoms with van der Waals surface area (Å²) in [5, 5.41) is 0. The molecule has 13 heavy (non-hydrogen) atoms. The van der Waals surface area contributed by atoms with Gasteiger partial charge >= 0.3 is 10.2 Å². The van der Waals surface area contributed by atoms with Gasteiger partial charge in [0.25, 0.3) is 0 Å². The second kappa shape index (κ2) is 3.30. The van der Waals surface area contributed by atoms with Crippen molar-refractivity contribution in [2.45, 2.75) is 4.90 Å². The zero-order valence-corrected chi connectivity index (χ0v) is 8.29. The summed E-state index contributed by atoms with van der Waals surface area (Å²) in [4.78, 5) is -1.30.